The van der Waals surface area contributed by atoms with Crippen LogP contribution in [0.2, 0.25) is 0 Å². The van der Waals surface area contributed by atoms with Crippen molar-refractivity contribution in [2.45, 2.75) is 59.4 Å². The Kier molecular flexibility index (Phi) is 9.02. The highest BCUT2D eigenvalue weighted by Gasteiger charge is 2.12. The highest BCUT2D eigenvalue weighted by Crippen LogP contribution is 2.30. The van der Waals surface area contributed by atoms with Gasteiger partial charge in [-0.15, -0.1) is 0 Å². The van der Waals surface area contributed by atoms with Crippen molar-refractivity contribution in [3.63, 3.8) is 0 Å². The van der Waals surface area contributed by atoms with Gasteiger partial charge in [0.2, 0.25) is 0 Å². The first-order valence-corrected chi connectivity index (χ1v) is 9.21. The number of unbranched alkanes of at least 4 members (excludes halogenated alkanes) is 2. The van der Waals surface area contributed by atoms with Gasteiger partial charge in [-0.05, 0) is 59.9 Å². The van der Waals surface area contributed by atoms with E-state index in [1.54, 1.807) is 0 Å². The van der Waals surface area contributed by atoms with Crippen molar-refractivity contribution in [2.24, 2.45) is 0 Å². The van der Waals surface area contributed by atoms with E-state index in [0.29, 0.717) is 6.04 Å². The summed E-state index contributed by atoms with van der Waals surface area (Å²) in [5.41, 5.74) is 2.68. The van der Waals surface area contributed by atoms with Gasteiger partial charge in [-0.1, -0.05) is 39.7 Å². The third kappa shape index (κ3) is 5.99. The quantitative estimate of drug-likeness (QED) is 0.594. The van der Waals surface area contributed by atoms with Crippen LogP contribution in [0.15, 0.2) is 22.7 Å². The van der Waals surface area contributed by atoms with Gasteiger partial charge in [0.25, 0.3) is 0 Å². The Bertz CT molecular complexity index is 398. The molecule has 0 radical (unpaired) electrons. The summed E-state index contributed by atoms with van der Waals surface area (Å²) in [5, 5.41) is 3.47. The van der Waals surface area contributed by atoms with Crippen molar-refractivity contribution in [1.29, 1.82) is 0 Å². The second-order valence-electron chi connectivity index (χ2n) is 5.68. The summed E-state index contributed by atoms with van der Waals surface area (Å²) in [6.45, 7) is 12.2. The highest BCUT2D eigenvalue weighted by molar-refractivity contribution is 9.10. The lowest BCUT2D eigenvalue weighted by Crippen LogP contribution is -2.26. The van der Waals surface area contributed by atoms with E-state index >= 15 is 0 Å². The number of hydrogen-bond acceptors (Lipinski definition) is 2. The second kappa shape index (κ2) is 10.2. The van der Waals surface area contributed by atoms with Gasteiger partial charge < -0.3 is 10.2 Å². The second-order valence-corrected chi connectivity index (χ2v) is 6.54. The largest absolute Gasteiger partial charge is 0.371 e. The van der Waals surface area contributed by atoms with Crippen LogP contribution in [0.1, 0.15) is 65.0 Å². The first kappa shape index (κ1) is 18.5. The Labute approximate surface area is 139 Å². The van der Waals surface area contributed by atoms with Crippen LogP contribution in [0.5, 0.6) is 0 Å². The topological polar surface area (TPSA) is 15.3 Å². The van der Waals surface area contributed by atoms with E-state index in [1.807, 2.05) is 0 Å². The molecule has 1 atom stereocenters. The van der Waals surface area contributed by atoms with Crippen molar-refractivity contribution >= 4 is 21.6 Å². The number of halogens is 1. The summed E-state index contributed by atoms with van der Waals surface area (Å²) in [4.78, 5) is 2.53. The molecule has 0 heterocycles. The SMILES string of the molecule is CCCCN(CCCC)c1ccc(C(C)NCC)cc1Br. The summed E-state index contributed by atoms with van der Waals surface area (Å²) in [5.74, 6) is 0. The summed E-state index contributed by atoms with van der Waals surface area (Å²) >= 11 is 3.78. The molecule has 3 heteroatoms. The maximum absolute atomic E-state index is 3.78. The molecule has 2 nitrogen and oxygen atoms in total. The Morgan fingerprint density at radius 2 is 1.71 bits per heavy atom. The molecule has 0 aliphatic carbocycles. The Morgan fingerprint density at radius 3 is 2.19 bits per heavy atom. The van der Waals surface area contributed by atoms with E-state index < -0.39 is 0 Å². The molecule has 1 aromatic rings. The number of anilines is 1. The van der Waals surface area contributed by atoms with Crippen LogP contribution in [0.25, 0.3) is 0 Å². The van der Waals surface area contributed by atoms with Gasteiger partial charge in [-0.2, -0.15) is 0 Å². The molecular weight excluding hydrogens is 324 g/mol. The zero-order chi connectivity index (χ0) is 15.7. The fraction of sp³-hybridized carbons (Fsp3) is 0.667. The predicted octanol–water partition coefficient (Wildman–Crippen LogP) is 5.53. The Morgan fingerprint density at radius 1 is 1.10 bits per heavy atom. The lowest BCUT2D eigenvalue weighted by molar-refractivity contribution is 0.597. The molecule has 0 aliphatic heterocycles. The van der Waals surface area contributed by atoms with Gasteiger partial charge in [0.05, 0.1) is 5.69 Å². The third-order valence-corrected chi connectivity index (χ3v) is 4.52. The van der Waals surface area contributed by atoms with E-state index in [4.69, 9.17) is 0 Å². The van der Waals surface area contributed by atoms with E-state index in [-0.39, 0.29) is 0 Å². The minimum Gasteiger partial charge on any atom is -0.371 e. The van der Waals surface area contributed by atoms with E-state index in [0.717, 1.165) is 19.6 Å². The van der Waals surface area contributed by atoms with E-state index in [2.05, 4.69) is 72.0 Å². The van der Waals surface area contributed by atoms with Gasteiger partial charge >= 0.3 is 0 Å². The zero-order valence-electron chi connectivity index (χ0n) is 14.1. The molecule has 0 fully saturated rings. The molecule has 120 valence electrons. The molecule has 0 aromatic heterocycles. The normalized spacial score (nSPS) is 12.4. The van der Waals surface area contributed by atoms with Gasteiger partial charge in [0.15, 0.2) is 0 Å². The van der Waals surface area contributed by atoms with E-state index in [1.165, 1.54) is 41.4 Å². The standard InChI is InChI=1S/C18H31BrN2/c1-5-8-12-21(13-9-6-2)18-11-10-16(14-17(18)19)15(4)20-7-3/h10-11,14-15,20H,5-9,12-13H2,1-4H3. The van der Waals surface area contributed by atoms with Crippen molar-refractivity contribution < 1.29 is 0 Å². The fourth-order valence-electron chi connectivity index (χ4n) is 2.52. The minimum absolute atomic E-state index is 0.403. The van der Waals surface area contributed by atoms with Gasteiger partial charge in [0.1, 0.15) is 0 Å². The fourth-order valence-corrected chi connectivity index (χ4v) is 3.17. The maximum atomic E-state index is 3.78. The minimum atomic E-state index is 0.403. The molecule has 0 amide bonds. The maximum Gasteiger partial charge on any atom is 0.0510 e. The van der Waals surface area contributed by atoms with Crippen molar-refractivity contribution in [2.75, 3.05) is 24.5 Å². The first-order chi connectivity index (χ1) is 10.1. The van der Waals surface area contributed by atoms with Gasteiger partial charge in [-0.25, -0.2) is 0 Å². The Balaban J connectivity index is 2.87. The predicted molar refractivity (Wildman–Crippen MR) is 98.3 cm³/mol. The molecule has 1 unspecified atom stereocenters. The molecule has 1 rings (SSSR count). The van der Waals surface area contributed by atoms with Crippen molar-refractivity contribution in [1.82, 2.24) is 5.32 Å². The summed E-state index contributed by atoms with van der Waals surface area (Å²) < 4.78 is 1.22. The van der Waals surface area contributed by atoms with Crippen LogP contribution in [0, 0.1) is 0 Å². The van der Waals surface area contributed by atoms with Crippen LogP contribution in [0.3, 0.4) is 0 Å². The molecule has 0 aliphatic rings. The zero-order valence-corrected chi connectivity index (χ0v) is 15.7. The molecule has 0 bridgehead atoms. The lowest BCUT2D eigenvalue weighted by atomic mass is 10.1. The molecule has 21 heavy (non-hydrogen) atoms. The monoisotopic (exact) mass is 354 g/mol. The molecule has 0 spiro atoms. The summed E-state index contributed by atoms with van der Waals surface area (Å²) in [6.07, 6.45) is 5.00. The van der Waals surface area contributed by atoms with Crippen LogP contribution < -0.4 is 10.2 Å². The van der Waals surface area contributed by atoms with Gasteiger partial charge in [-0.3, -0.25) is 0 Å². The molecule has 1 aromatic carbocycles. The summed E-state index contributed by atoms with van der Waals surface area (Å²) in [7, 11) is 0. The molecule has 1 N–H and O–H groups in total. The van der Waals surface area contributed by atoms with Crippen LogP contribution in [0.4, 0.5) is 5.69 Å². The van der Waals surface area contributed by atoms with Crippen LogP contribution in [-0.2, 0) is 0 Å². The Hall–Kier alpha value is -0.540. The van der Waals surface area contributed by atoms with Crippen molar-refractivity contribution in [3.05, 3.63) is 28.2 Å². The number of rotatable bonds is 10. The molecular formula is C18H31BrN2. The van der Waals surface area contributed by atoms with Crippen molar-refractivity contribution in [3.8, 4) is 0 Å². The lowest BCUT2D eigenvalue weighted by Gasteiger charge is -2.26. The van der Waals surface area contributed by atoms with Crippen LogP contribution in [-0.4, -0.2) is 19.6 Å². The van der Waals surface area contributed by atoms with E-state index in [9.17, 15) is 0 Å². The third-order valence-electron chi connectivity index (χ3n) is 3.89. The highest BCUT2D eigenvalue weighted by atomic mass is 79.9. The molecule has 0 saturated heterocycles. The molecule has 0 saturated carbocycles. The smallest absolute Gasteiger partial charge is 0.0510 e. The number of hydrogen-bond donors (Lipinski definition) is 1. The van der Waals surface area contributed by atoms with Crippen LogP contribution >= 0.6 is 15.9 Å². The van der Waals surface area contributed by atoms with Gasteiger partial charge in [0, 0.05) is 23.6 Å². The number of nitrogens with one attached hydrogen (secondary N) is 1. The average Bonchev–Trinajstić information content (AvgIpc) is 2.48. The number of benzene rings is 1. The number of nitrogens with zero attached hydrogens (tertiary/aromatic N) is 1. The average molecular weight is 355 g/mol. The summed E-state index contributed by atoms with van der Waals surface area (Å²) in [6, 6.07) is 7.21. The first-order valence-electron chi connectivity index (χ1n) is 8.41.